The Balaban J connectivity index is 1.23. The van der Waals surface area contributed by atoms with Gasteiger partial charge < -0.3 is 30.8 Å². The number of quaternary nitrogens is 1. The second-order valence-corrected chi connectivity index (χ2v) is 12.7. The monoisotopic (exact) mass is 608 g/mol. The van der Waals surface area contributed by atoms with Crippen molar-refractivity contribution in [2.75, 3.05) is 36.5 Å². The molecule has 2 fully saturated rings. The summed E-state index contributed by atoms with van der Waals surface area (Å²) in [6.45, 7) is 2.73. The molecule has 2 aliphatic rings. The molecular formula is C27H30N9O4S2+. The molecule has 13 nitrogen and oxygen atoms in total. The fraction of sp³-hybridized carbons (Fsp3) is 0.407. The van der Waals surface area contributed by atoms with Crippen molar-refractivity contribution in [2.24, 2.45) is 5.73 Å². The van der Waals surface area contributed by atoms with Crippen LogP contribution in [-0.2, 0) is 11.2 Å². The van der Waals surface area contributed by atoms with Gasteiger partial charge in [-0.2, -0.15) is 0 Å². The van der Waals surface area contributed by atoms with Gasteiger partial charge in [0, 0.05) is 43.8 Å². The van der Waals surface area contributed by atoms with Gasteiger partial charge in [0.05, 0.1) is 44.5 Å². The molecule has 0 bridgehead atoms. The number of hydrogen-bond donors (Lipinski definition) is 3. The van der Waals surface area contributed by atoms with Gasteiger partial charge in [0.25, 0.3) is 5.91 Å². The summed E-state index contributed by atoms with van der Waals surface area (Å²) in [4.78, 5) is 38.0. The van der Waals surface area contributed by atoms with Gasteiger partial charge in [-0.25, -0.2) is 9.97 Å². The van der Waals surface area contributed by atoms with Crippen molar-refractivity contribution in [1.29, 1.82) is 0 Å². The average molecular weight is 609 g/mol. The van der Waals surface area contributed by atoms with Crippen molar-refractivity contribution in [1.82, 2.24) is 24.6 Å². The number of amides is 1. The molecule has 6 heterocycles. The van der Waals surface area contributed by atoms with E-state index in [1.54, 1.807) is 22.9 Å². The highest BCUT2D eigenvalue weighted by Crippen LogP contribution is 2.38. The van der Waals surface area contributed by atoms with Crippen LogP contribution in [0.4, 0.5) is 10.9 Å². The van der Waals surface area contributed by atoms with Crippen molar-refractivity contribution in [3.63, 3.8) is 0 Å². The fourth-order valence-corrected chi connectivity index (χ4v) is 7.87. The molecule has 5 aromatic heterocycles. The minimum Gasteiger partial charge on any atom is -0.459 e. The lowest BCUT2D eigenvalue weighted by molar-refractivity contribution is -0.427. The van der Waals surface area contributed by atoms with Crippen LogP contribution in [0, 0.1) is 0 Å². The summed E-state index contributed by atoms with van der Waals surface area (Å²) >= 11 is 2.98. The maximum Gasteiger partial charge on any atom is 0.254 e. The Kier molecular flexibility index (Phi) is 7.09. The van der Waals surface area contributed by atoms with Gasteiger partial charge in [-0.1, -0.05) is 6.42 Å². The van der Waals surface area contributed by atoms with Crippen molar-refractivity contribution in [3.8, 4) is 10.4 Å². The van der Waals surface area contributed by atoms with E-state index in [4.69, 9.17) is 19.9 Å². The Bertz CT molecular complexity index is 1840. The first-order valence-electron chi connectivity index (χ1n) is 13.9. The summed E-state index contributed by atoms with van der Waals surface area (Å²) in [5.41, 5.74) is 12.2. The molecule has 1 amide bonds. The number of fused-ring (bicyclic) bond motifs is 2. The molecule has 7 rings (SSSR count). The number of nitrogens with one attached hydrogen (secondary N) is 1. The molecule has 1 saturated carbocycles. The number of carbonyl (C=O) groups is 1. The van der Waals surface area contributed by atoms with E-state index >= 15 is 0 Å². The summed E-state index contributed by atoms with van der Waals surface area (Å²) in [6, 6.07) is 2.04. The maximum absolute atomic E-state index is 12.9. The van der Waals surface area contributed by atoms with E-state index in [1.807, 2.05) is 0 Å². The van der Waals surface area contributed by atoms with Crippen LogP contribution in [-0.4, -0.2) is 68.9 Å². The summed E-state index contributed by atoms with van der Waals surface area (Å²) in [6.07, 6.45) is 9.49. The van der Waals surface area contributed by atoms with Crippen LogP contribution >= 0.6 is 22.7 Å². The second kappa shape index (κ2) is 11.1. The quantitative estimate of drug-likeness (QED) is 0.247. The second-order valence-electron chi connectivity index (χ2n) is 10.6. The molecule has 0 unspecified atom stereocenters. The predicted molar refractivity (Wildman–Crippen MR) is 159 cm³/mol. The number of primary amides is 1. The highest BCUT2D eigenvalue weighted by atomic mass is 32.1. The van der Waals surface area contributed by atoms with Crippen LogP contribution in [0.3, 0.4) is 0 Å². The molecule has 2 atom stereocenters. The van der Waals surface area contributed by atoms with E-state index in [-0.39, 0.29) is 29.5 Å². The van der Waals surface area contributed by atoms with Gasteiger partial charge in [0.2, 0.25) is 11.4 Å². The summed E-state index contributed by atoms with van der Waals surface area (Å²) in [7, 11) is 0. The number of furan rings is 1. The maximum atomic E-state index is 12.9. The van der Waals surface area contributed by atoms with Crippen molar-refractivity contribution < 1.29 is 19.7 Å². The van der Waals surface area contributed by atoms with E-state index in [2.05, 4.69) is 31.1 Å². The molecule has 5 aromatic rings. The Hall–Kier alpha value is -3.92. The topological polar surface area (TPSA) is 181 Å². The van der Waals surface area contributed by atoms with Gasteiger partial charge in [0.15, 0.2) is 11.2 Å². The van der Waals surface area contributed by atoms with Gasteiger partial charge in [0.1, 0.15) is 24.2 Å². The van der Waals surface area contributed by atoms with Crippen LogP contribution < -0.4 is 27.1 Å². The normalized spacial score (nSPS) is 19.5. The highest BCUT2D eigenvalue weighted by molar-refractivity contribution is 7.23. The molecule has 42 heavy (non-hydrogen) atoms. The molecule has 218 valence electrons. The van der Waals surface area contributed by atoms with E-state index in [0.717, 1.165) is 63.9 Å². The van der Waals surface area contributed by atoms with Gasteiger partial charge >= 0.3 is 0 Å². The van der Waals surface area contributed by atoms with Crippen LogP contribution in [0.15, 0.2) is 34.1 Å². The Morgan fingerprint density at radius 3 is 2.86 bits per heavy atom. The first-order valence-corrected chi connectivity index (χ1v) is 15.5. The fourth-order valence-electron chi connectivity index (χ4n) is 5.67. The van der Waals surface area contributed by atoms with Crippen molar-refractivity contribution in [2.45, 2.75) is 44.2 Å². The zero-order valence-electron chi connectivity index (χ0n) is 22.7. The van der Waals surface area contributed by atoms with E-state index in [9.17, 15) is 9.59 Å². The van der Waals surface area contributed by atoms with Crippen LogP contribution in [0.25, 0.3) is 26.4 Å². The minimum atomic E-state index is -0.632. The standard InChI is InChI=1S/C27H29N9O4S2/c28-15-3-1-2-4-16(15)32-27-33-17(22(25(29)38)26-34-31-13-36(26)27)9-20-30-11-19(41-20)14-12-40-23-18(37)10-21(42-24(14)23)35-5-7-39-8-6-35/h10-13,15-16H,1-9,28H2,(H2,29,38)(H,32,33)/p+1/t15-,16+/m1/s1. The third kappa shape index (κ3) is 4.91. The Labute approximate surface area is 247 Å². The molecule has 15 heteroatoms. The number of rotatable bonds is 7. The van der Waals surface area contributed by atoms with Gasteiger partial charge in [-0.15, -0.1) is 32.9 Å². The average Bonchev–Trinajstić information content (AvgIpc) is 3.75. The number of morpholine rings is 1. The summed E-state index contributed by atoms with van der Waals surface area (Å²) in [5.74, 6) is -0.0821. The number of anilines is 2. The van der Waals surface area contributed by atoms with E-state index < -0.39 is 5.91 Å². The van der Waals surface area contributed by atoms with Crippen LogP contribution in [0.2, 0.25) is 0 Å². The third-order valence-electron chi connectivity index (χ3n) is 7.89. The van der Waals surface area contributed by atoms with E-state index in [1.165, 1.54) is 29.0 Å². The summed E-state index contributed by atoms with van der Waals surface area (Å²) < 4.78 is 13.6. The van der Waals surface area contributed by atoms with Crippen LogP contribution in [0.1, 0.15) is 46.7 Å². The lowest BCUT2D eigenvalue weighted by Crippen LogP contribution is -2.68. The number of nitrogens with two attached hydrogens (primary N) is 1. The molecule has 1 saturated heterocycles. The Morgan fingerprint density at radius 2 is 2.05 bits per heavy atom. The number of thiazole rings is 1. The van der Waals surface area contributed by atoms with Gasteiger partial charge in [-0.3, -0.25) is 14.0 Å². The molecule has 0 aromatic carbocycles. The van der Waals surface area contributed by atoms with Crippen molar-refractivity contribution in [3.05, 3.63) is 51.3 Å². The highest BCUT2D eigenvalue weighted by Gasteiger charge is 2.28. The SMILES string of the molecule is NC(=O)c1c(Cc2ncc(-c3coc4c(=O)cc(N5CCOCC5)sc34)s2)nc(N[C@H]2CCCC[C@H]2[NH3+])n2cnnc12. The predicted octanol–water partition coefficient (Wildman–Crippen LogP) is 1.91. The summed E-state index contributed by atoms with van der Waals surface area (Å²) in [5, 5.41) is 13.4. The number of ether oxygens (including phenoxy) is 1. The molecule has 0 radical (unpaired) electrons. The number of carbonyl (C=O) groups excluding carboxylic acids is 1. The zero-order chi connectivity index (χ0) is 28.8. The molecule has 1 aliphatic heterocycles. The molecular weight excluding hydrogens is 578 g/mol. The smallest absolute Gasteiger partial charge is 0.254 e. The van der Waals surface area contributed by atoms with E-state index in [0.29, 0.717) is 36.1 Å². The lowest BCUT2D eigenvalue weighted by atomic mass is 9.91. The molecule has 6 N–H and O–H groups in total. The number of nitrogens with zero attached hydrogens (tertiary/aromatic N) is 6. The largest absolute Gasteiger partial charge is 0.459 e. The molecule has 0 spiro atoms. The zero-order valence-corrected chi connectivity index (χ0v) is 24.4. The number of hydrogen-bond acceptors (Lipinski definition) is 12. The Morgan fingerprint density at radius 1 is 1.21 bits per heavy atom. The van der Waals surface area contributed by atoms with Crippen LogP contribution in [0.5, 0.6) is 0 Å². The first kappa shape index (κ1) is 26.9. The molecule has 1 aliphatic carbocycles. The first-order chi connectivity index (χ1) is 20.5. The lowest BCUT2D eigenvalue weighted by Gasteiger charge is -2.27. The van der Waals surface area contributed by atoms with Gasteiger partial charge in [-0.05, 0) is 12.8 Å². The van der Waals surface area contributed by atoms with Crippen molar-refractivity contribution >= 4 is 55.5 Å². The minimum absolute atomic E-state index is 0.152. The third-order valence-corrected chi connectivity index (χ3v) is 10.1. The number of aromatic nitrogens is 5.